The van der Waals surface area contributed by atoms with Gasteiger partial charge in [-0.25, -0.2) is 14.4 Å². The van der Waals surface area contributed by atoms with E-state index in [-0.39, 0.29) is 17.5 Å². The monoisotopic (exact) mass is 432 g/mol. The molecule has 156 valence electrons. The summed E-state index contributed by atoms with van der Waals surface area (Å²) in [5.41, 5.74) is 1.03. The number of nitrogens with zero attached hydrogens (tertiary/aromatic N) is 3. The van der Waals surface area contributed by atoms with Gasteiger partial charge in [0.25, 0.3) is 5.91 Å². The molecule has 1 aliphatic heterocycles. The molecule has 0 saturated carbocycles. The van der Waals surface area contributed by atoms with Crippen molar-refractivity contribution in [3.05, 3.63) is 77.4 Å². The van der Waals surface area contributed by atoms with Gasteiger partial charge >= 0.3 is 0 Å². The molecule has 0 bridgehead atoms. The number of hydrogen-bond acceptors (Lipinski definition) is 5. The number of rotatable bonds is 4. The van der Waals surface area contributed by atoms with Crippen molar-refractivity contribution in [2.45, 2.75) is 18.9 Å². The minimum atomic E-state index is -0.471. The number of fused-ring (bicyclic) bond motifs is 1. The van der Waals surface area contributed by atoms with Crippen LogP contribution < -0.4 is 5.32 Å². The summed E-state index contributed by atoms with van der Waals surface area (Å²) in [5, 5.41) is 6.57. The number of carbonyl (C=O) groups excluding carboxylic acids is 1. The third-order valence-corrected chi connectivity index (χ3v) is 6.44. The molecule has 5 rings (SSSR count). The Balaban J connectivity index is 1.33. The minimum Gasteiger partial charge on any atom is -0.367 e. The van der Waals surface area contributed by atoms with Crippen molar-refractivity contribution in [1.82, 2.24) is 14.9 Å². The van der Waals surface area contributed by atoms with E-state index in [4.69, 9.17) is 9.97 Å². The van der Waals surface area contributed by atoms with Crippen LogP contribution in [-0.2, 0) is 0 Å². The minimum absolute atomic E-state index is 0.135. The molecule has 0 atom stereocenters. The molecule has 1 aliphatic rings. The predicted molar refractivity (Wildman–Crippen MR) is 122 cm³/mol. The fourth-order valence-corrected chi connectivity index (χ4v) is 4.59. The number of anilines is 1. The number of halogens is 1. The van der Waals surface area contributed by atoms with Gasteiger partial charge in [0, 0.05) is 24.5 Å². The number of hydrogen-bond donors (Lipinski definition) is 1. The Kier molecular flexibility index (Phi) is 5.34. The van der Waals surface area contributed by atoms with Gasteiger partial charge in [0.05, 0.1) is 16.0 Å². The van der Waals surface area contributed by atoms with Crippen LogP contribution in [0.1, 0.15) is 23.2 Å². The molecule has 2 aromatic carbocycles. The van der Waals surface area contributed by atoms with E-state index in [9.17, 15) is 9.18 Å². The lowest BCUT2D eigenvalue weighted by Crippen LogP contribution is -2.42. The molecule has 5 nitrogen and oxygen atoms in total. The number of aromatic nitrogens is 2. The topological polar surface area (TPSA) is 58.1 Å². The first-order valence-corrected chi connectivity index (χ1v) is 11.2. The second-order valence-corrected chi connectivity index (χ2v) is 8.53. The van der Waals surface area contributed by atoms with Crippen molar-refractivity contribution < 1.29 is 9.18 Å². The summed E-state index contributed by atoms with van der Waals surface area (Å²) in [5.74, 6) is 0.807. The van der Waals surface area contributed by atoms with Gasteiger partial charge in [-0.2, -0.15) is 0 Å². The number of likely N-dealkylation sites (tertiary alicyclic amines) is 1. The van der Waals surface area contributed by atoms with E-state index < -0.39 is 5.82 Å². The third-order valence-electron chi connectivity index (χ3n) is 5.57. The highest BCUT2D eigenvalue weighted by Crippen LogP contribution is 2.29. The SMILES string of the molecule is O=C(c1ccccc1F)N1CCC(Nc2nc(-c3cccs3)nc3ccccc23)CC1. The predicted octanol–water partition coefficient (Wildman–Crippen LogP) is 5.21. The Morgan fingerprint density at radius 3 is 2.55 bits per heavy atom. The molecule has 0 unspecified atom stereocenters. The Hall–Kier alpha value is -3.32. The van der Waals surface area contributed by atoms with Crippen LogP contribution in [-0.4, -0.2) is 39.9 Å². The molecule has 1 N–H and O–H groups in total. The van der Waals surface area contributed by atoms with Gasteiger partial charge in [0.1, 0.15) is 11.6 Å². The zero-order valence-corrected chi connectivity index (χ0v) is 17.6. The number of carbonyl (C=O) groups is 1. The third kappa shape index (κ3) is 4.01. The summed E-state index contributed by atoms with van der Waals surface area (Å²) in [6, 6.07) is 18.3. The number of para-hydroxylation sites is 1. The normalized spacial score (nSPS) is 14.7. The van der Waals surface area contributed by atoms with Gasteiger partial charge in [-0.15, -0.1) is 11.3 Å². The Labute approximate surface area is 183 Å². The summed E-state index contributed by atoms with van der Waals surface area (Å²) >= 11 is 1.61. The second-order valence-electron chi connectivity index (χ2n) is 7.58. The van der Waals surface area contributed by atoms with Crippen molar-refractivity contribution in [2.24, 2.45) is 0 Å². The van der Waals surface area contributed by atoms with Gasteiger partial charge in [-0.3, -0.25) is 4.79 Å². The largest absolute Gasteiger partial charge is 0.367 e. The van der Waals surface area contributed by atoms with E-state index in [1.54, 1.807) is 34.4 Å². The lowest BCUT2D eigenvalue weighted by atomic mass is 10.0. The van der Waals surface area contributed by atoms with Crippen LogP contribution in [0.3, 0.4) is 0 Å². The highest BCUT2D eigenvalue weighted by Gasteiger charge is 2.26. The molecule has 3 heterocycles. The van der Waals surface area contributed by atoms with E-state index in [2.05, 4.69) is 5.32 Å². The Morgan fingerprint density at radius 2 is 1.77 bits per heavy atom. The summed E-state index contributed by atoms with van der Waals surface area (Å²) < 4.78 is 14.0. The number of amides is 1. The van der Waals surface area contributed by atoms with Gasteiger partial charge < -0.3 is 10.2 Å². The average molecular weight is 433 g/mol. The Morgan fingerprint density at radius 1 is 1.00 bits per heavy atom. The van der Waals surface area contributed by atoms with Crippen molar-refractivity contribution in [2.75, 3.05) is 18.4 Å². The molecule has 0 spiro atoms. The fourth-order valence-electron chi connectivity index (χ4n) is 3.93. The van der Waals surface area contributed by atoms with Crippen molar-refractivity contribution in [3.63, 3.8) is 0 Å². The molecular formula is C24H21FN4OS. The van der Waals surface area contributed by atoms with Gasteiger partial charge in [0.15, 0.2) is 5.82 Å². The van der Waals surface area contributed by atoms with Crippen LogP contribution in [0.4, 0.5) is 10.2 Å². The first-order valence-electron chi connectivity index (χ1n) is 10.3. The average Bonchev–Trinajstić information content (AvgIpc) is 3.35. The van der Waals surface area contributed by atoms with Gasteiger partial charge in [0.2, 0.25) is 0 Å². The maximum atomic E-state index is 14.0. The van der Waals surface area contributed by atoms with Crippen molar-refractivity contribution >= 4 is 34.0 Å². The first kappa shape index (κ1) is 19.6. The van der Waals surface area contributed by atoms with Crippen LogP contribution in [0.5, 0.6) is 0 Å². The zero-order chi connectivity index (χ0) is 21.2. The summed E-state index contributed by atoms with van der Waals surface area (Å²) in [7, 11) is 0. The lowest BCUT2D eigenvalue weighted by Gasteiger charge is -2.33. The van der Waals surface area contributed by atoms with E-state index in [1.807, 2.05) is 41.8 Å². The first-order chi connectivity index (χ1) is 15.2. The fraction of sp³-hybridized carbons (Fsp3) is 0.208. The van der Waals surface area contributed by atoms with Gasteiger partial charge in [-0.1, -0.05) is 30.3 Å². The molecule has 1 saturated heterocycles. The van der Waals surface area contributed by atoms with E-state index in [0.717, 1.165) is 34.4 Å². The van der Waals surface area contributed by atoms with Gasteiger partial charge in [-0.05, 0) is 48.6 Å². The molecule has 4 aromatic rings. The summed E-state index contributed by atoms with van der Waals surface area (Å²) in [4.78, 5) is 25.0. The molecular weight excluding hydrogens is 411 g/mol. The zero-order valence-electron chi connectivity index (χ0n) is 16.8. The van der Waals surface area contributed by atoms with Crippen LogP contribution >= 0.6 is 11.3 Å². The lowest BCUT2D eigenvalue weighted by molar-refractivity contribution is 0.0713. The quantitative estimate of drug-likeness (QED) is 0.481. The van der Waals surface area contributed by atoms with Crippen LogP contribution in [0.15, 0.2) is 66.0 Å². The van der Waals surface area contributed by atoms with Crippen molar-refractivity contribution in [1.29, 1.82) is 0 Å². The number of nitrogens with one attached hydrogen (secondary N) is 1. The van der Waals surface area contributed by atoms with Crippen LogP contribution in [0, 0.1) is 5.82 Å². The molecule has 7 heteroatoms. The Bertz CT molecular complexity index is 1220. The van der Waals surface area contributed by atoms with E-state index in [0.29, 0.717) is 18.9 Å². The maximum absolute atomic E-state index is 14.0. The number of thiophene rings is 1. The molecule has 0 aliphatic carbocycles. The maximum Gasteiger partial charge on any atom is 0.256 e. The smallest absolute Gasteiger partial charge is 0.256 e. The molecule has 0 radical (unpaired) electrons. The number of benzene rings is 2. The van der Waals surface area contributed by atoms with E-state index >= 15 is 0 Å². The van der Waals surface area contributed by atoms with Crippen LogP contribution in [0.25, 0.3) is 21.6 Å². The van der Waals surface area contributed by atoms with E-state index in [1.165, 1.54) is 6.07 Å². The standard InChI is InChI=1S/C24H21FN4OS/c25-19-8-3-1-6-17(19)24(30)29-13-11-16(12-14-29)26-22-18-7-2-4-9-20(18)27-23(28-22)21-10-5-15-31-21/h1-10,15-16H,11-14H2,(H,26,27,28). The molecule has 2 aromatic heterocycles. The summed E-state index contributed by atoms with van der Waals surface area (Å²) in [6.45, 7) is 1.15. The molecule has 1 amide bonds. The molecule has 1 fully saturated rings. The summed E-state index contributed by atoms with van der Waals surface area (Å²) in [6.07, 6.45) is 1.54. The highest BCUT2D eigenvalue weighted by molar-refractivity contribution is 7.13. The molecule has 31 heavy (non-hydrogen) atoms. The number of piperidine rings is 1. The van der Waals surface area contributed by atoms with Crippen molar-refractivity contribution in [3.8, 4) is 10.7 Å². The van der Waals surface area contributed by atoms with Crippen LogP contribution in [0.2, 0.25) is 0 Å². The highest BCUT2D eigenvalue weighted by atomic mass is 32.1. The second kappa shape index (κ2) is 8.43.